The van der Waals surface area contributed by atoms with Crippen LogP contribution in [0, 0.1) is 12.7 Å². The van der Waals surface area contributed by atoms with E-state index < -0.39 is 0 Å². The fourth-order valence-electron chi connectivity index (χ4n) is 2.84. The van der Waals surface area contributed by atoms with Crippen molar-refractivity contribution in [3.63, 3.8) is 0 Å². The van der Waals surface area contributed by atoms with E-state index >= 15 is 0 Å². The van der Waals surface area contributed by atoms with Crippen LogP contribution < -0.4 is 10.6 Å². The number of rotatable bonds is 5. The Morgan fingerprint density at radius 2 is 1.59 bits per heavy atom. The first-order chi connectivity index (χ1) is 13.2. The maximum atomic E-state index is 14.0. The first-order valence-corrected chi connectivity index (χ1v) is 8.77. The van der Waals surface area contributed by atoms with E-state index in [-0.39, 0.29) is 5.82 Å². The summed E-state index contributed by atoms with van der Waals surface area (Å²) in [5.74, 6) is 0.716. The summed E-state index contributed by atoms with van der Waals surface area (Å²) in [4.78, 5) is 9.08. The maximum absolute atomic E-state index is 14.0. The van der Waals surface area contributed by atoms with Crippen molar-refractivity contribution < 1.29 is 4.39 Å². The predicted octanol–water partition coefficient (Wildman–Crippen LogP) is 5.43. The van der Waals surface area contributed by atoms with Gasteiger partial charge in [-0.2, -0.15) is 4.98 Å². The highest BCUT2D eigenvalue weighted by molar-refractivity contribution is 5.90. The van der Waals surface area contributed by atoms with Crippen molar-refractivity contribution in [2.45, 2.75) is 13.5 Å². The van der Waals surface area contributed by atoms with E-state index in [0.717, 1.165) is 16.5 Å². The van der Waals surface area contributed by atoms with E-state index in [2.05, 4.69) is 51.8 Å². The summed E-state index contributed by atoms with van der Waals surface area (Å²) < 4.78 is 14.0. The summed E-state index contributed by atoms with van der Waals surface area (Å²) in [5, 5.41) is 7.27. The van der Waals surface area contributed by atoms with Crippen LogP contribution in [0.2, 0.25) is 0 Å². The third kappa shape index (κ3) is 3.87. The van der Waals surface area contributed by atoms with Crippen molar-refractivity contribution in [3.8, 4) is 0 Å². The molecular formula is C22H19FN4. The van der Waals surface area contributed by atoms with Crippen LogP contribution in [0.3, 0.4) is 0 Å². The van der Waals surface area contributed by atoms with E-state index in [9.17, 15) is 4.39 Å². The molecule has 1 aromatic heterocycles. The Balaban J connectivity index is 1.66. The van der Waals surface area contributed by atoms with Gasteiger partial charge in [0.05, 0.1) is 11.2 Å². The van der Waals surface area contributed by atoms with E-state index in [0.29, 0.717) is 24.0 Å². The highest BCUT2D eigenvalue weighted by atomic mass is 19.1. The number of fused-ring (bicyclic) bond motifs is 1. The number of anilines is 3. The second-order valence-electron chi connectivity index (χ2n) is 6.36. The second-order valence-corrected chi connectivity index (χ2v) is 6.36. The number of nitrogens with zero attached hydrogens (tertiary/aromatic N) is 2. The van der Waals surface area contributed by atoms with Gasteiger partial charge < -0.3 is 10.6 Å². The van der Waals surface area contributed by atoms with Crippen molar-refractivity contribution in [1.82, 2.24) is 9.97 Å². The fraction of sp³-hybridized carbons (Fsp3) is 0.0909. The molecule has 134 valence electrons. The van der Waals surface area contributed by atoms with Gasteiger partial charge in [0.25, 0.3) is 0 Å². The average Bonchev–Trinajstić information content (AvgIpc) is 2.69. The molecular weight excluding hydrogens is 339 g/mol. The molecule has 0 spiro atoms. The van der Waals surface area contributed by atoms with Crippen LogP contribution in [-0.4, -0.2) is 9.97 Å². The average molecular weight is 358 g/mol. The minimum Gasteiger partial charge on any atom is -0.365 e. The quantitative estimate of drug-likeness (QED) is 0.499. The van der Waals surface area contributed by atoms with Gasteiger partial charge in [-0.1, -0.05) is 54.1 Å². The predicted molar refractivity (Wildman–Crippen MR) is 108 cm³/mol. The molecule has 0 atom stereocenters. The molecule has 27 heavy (non-hydrogen) atoms. The third-order valence-corrected chi connectivity index (χ3v) is 4.30. The Bertz CT molecular complexity index is 1080. The summed E-state index contributed by atoms with van der Waals surface area (Å²) in [7, 11) is 0. The number of halogens is 1. The van der Waals surface area contributed by atoms with Crippen LogP contribution >= 0.6 is 0 Å². The lowest BCUT2D eigenvalue weighted by molar-refractivity contribution is 0.631. The number of nitrogens with one attached hydrogen (secondary N) is 2. The number of hydrogen-bond acceptors (Lipinski definition) is 4. The monoisotopic (exact) mass is 358 g/mol. The van der Waals surface area contributed by atoms with Gasteiger partial charge in [0.1, 0.15) is 11.6 Å². The first-order valence-electron chi connectivity index (χ1n) is 8.77. The molecule has 0 aliphatic carbocycles. The lowest BCUT2D eigenvalue weighted by Gasteiger charge is -2.12. The van der Waals surface area contributed by atoms with Gasteiger partial charge >= 0.3 is 0 Å². The molecule has 0 bridgehead atoms. The molecule has 0 aliphatic heterocycles. The van der Waals surface area contributed by atoms with Crippen molar-refractivity contribution in [3.05, 3.63) is 89.7 Å². The molecule has 0 fully saturated rings. The molecule has 3 aromatic carbocycles. The van der Waals surface area contributed by atoms with E-state index in [1.54, 1.807) is 18.2 Å². The lowest BCUT2D eigenvalue weighted by Crippen LogP contribution is -2.06. The Kier molecular flexibility index (Phi) is 4.66. The molecule has 0 saturated heterocycles. The maximum Gasteiger partial charge on any atom is 0.229 e. The number of para-hydroxylation sites is 2. The Morgan fingerprint density at radius 3 is 2.41 bits per heavy atom. The molecule has 4 nitrogen and oxygen atoms in total. The number of aryl methyl sites for hydroxylation is 1. The molecule has 0 unspecified atom stereocenters. The topological polar surface area (TPSA) is 49.8 Å². The highest BCUT2D eigenvalue weighted by Crippen LogP contribution is 2.25. The van der Waals surface area contributed by atoms with Crippen LogP contribution in [0.4, 0.5) is 21.8 Å². The zero-order valence-electron chi connectivity index (χ0n) is 14.9. The molecule has 0 saturated carbocycles. The smallest absolute Gasteiger partial charge is 0.229 e. The van der Waals surface area contributed by atoms with Gasteiger partial charge in [0, 0.05) is 11.9 Å². The zero-order chi connectivity index (χ0) is 18.6. The lowest BCUT2D eigenvalue weighted by atomic mass is 10.1. The minimum atomic E-state index is -0.344. The number of benzene rings is 3. The molecule has 1 heterocycles. The van der Waals surface area contributed by atoms with Crippen LogP contribution in [0.15, 0.2) is 72.8 Å². The van der Waals surface area contributed by atoms with Gasteiger partial charge in [-0.25, -0.2) is 9.37 Å². The molecule has 4 aromatic rings. The third-order valence-electron chi connectivity index (χ3n) is 4.30. The second kappa shape index (κ2) is 7.41. The van der Waals surface area contributed by atoms with Crippen molar-refractivity contribution in [1.29, 1.82) is 0 Å². The normalized spacial score (nSPS) is 10.7. The summed E-state index contributed by atoms with van der Waals surface area (Å²) in [6, 6.07) is 22.6. The summed E-state index contributed by atoms with van der Waals surface area (Å²) in [6.07, 6.45) is 0. The molecule has 0 amide bonds. The van der Waals surface area contributed by atoms with Gasteiger partial charge in [-0.15, -0.1) is 0 Å². The molecule has 2 N–H and O–H groups in total. The van der Waals surface area contributed by atoms with E-state index in [1.165, 1.54) is 11.6 Å². The van der Waals surface area contributed by atoms with Crippen molar-refractivity contribution in [2.75, 3.05) is 10.6 Å². The first kappa shape index (κ1) is 17.0. The standard InChI is InChI=1S/C22H19FN4/c1-15-10-12-16(13-11-15)14-24-21-17-6-2-4-8-19(17)25-22(27-21)26-20-9-5-3-7-18(20)23/h2-13H,14H2,1H3,(H2,24,25,26,27). The van der Waals surface area contributed by atoms with Crippen LogP contribution in [-0.2, 0) is 6.54 Å². The largest absolute Gasteiger partial charge is 0.365 e. The molecule has 0 radical (unpaired) electrons. The van der Waals surface area contributed by atoms with Crippen molar-refractivity contribution >= 4 is 28.4 Å². The Hall–Kier alpha value is -3.47. The SMILES string of the molecule is Cc1ccc(CNc2nc(Nc3ccccc3F)nc3ccccc23)cc1. The van der Waals surface area contributed by atoms with E-state index in [4.69, 9.17) is 0 Å². The molecule has 0 aliphatic rings. The van der Waals surface area contributed by atoms with E-state index in [1.807, 2.05) is 24.3 Å². The molecule has 4 rings (SSSR count). The van der Waals surface area contributed by atoms with Gasteiger partial charge in [-0.3, -0.25) is 0 Å². The van der Waals surface area contributed by atoms with Gasteiger partial charge in [0.15, 0.2) is 0 Å². The number of hydrogen-bond donors (Lipinski definition) is 2. The van der Waals surface area contributed by atoms with Crippen LogP contribution in [0.5, 0.6) is 0 Å². The molecule has 5 heteroatoms. The summed E-state index contributed by atoms with van der Waals surface area (Å²) >= 11 is 0. The van der Waals surface area contributed by atoms with Crippen molar-refractivity contribution in [2.24, 2.45) is 0 Å². The summed E-state index contributed by atoms with van der Waals surface area (Å²) in [6.45, 7) is 2.70. The highest BCUT2D eigenvalue weighted by Gasteiger charge is 2.09. The summed E-state index contributed by atoms with van der Waals surface area (Å²) in [5.41, 5.74) is 3.52. The zero-order valence-corrected chi connectivity index (χ0v) is 14.9. The minimum absolute atomic E-state index is 0.344. The fourth-order valence-corrected chi connectivity index (χ4v) is 2.84. The number of aromatic nitrogens is 2. The van der Waals surface area contributed by atoms with Gasteiger partial charge in [0.2, 0.25) is 5.95 Å². The van der Waals surface area contributed by atoms with Crippen LogP contribution in [0.25, 0.3) is 10.9 Å². The van der Waals surface area contributed by atoms with Crippen LogP contribution in [0.1, 0.15) is 11.1 Å². The Labute approximate surface area is 157 Å². The Morgan fingerprint density at radius 1 is 0.852 bits per heavy atom. The van der Waals surface area contributed by atoms with Gasteiger partial charge in [-0.05, 0) is 36.8 Å².